The van der Waals surface area contributed by atoms with Crippen molar-refractivity contribution in [2.45, 2.75) is 83.2 Å². The molecule has 0 amide bonds. The van der Waals surface area contributed by atoms with E-state index in [1.165, 1.54) is 25.3 Å². The molecular weight excluding hydrogens is 656 g/mol. The molecule has 2 aliphatic rings. The number of anilines is 1. The second-order valence-electron chi connectivity index (χ2n) is 13.5. The minimum Gasteiger partial charge on any atom is -0.478 e. The van der Waals surface area contributed by atoms with Crippen molar-refractivity contribution in [3.63, 3.8) is 0 Å². The number of halogens is 1. The summed E-state index contributed by atoms with van der Waals surface area (Å²) in [5.74, 6) is -0.792. The van der Waals surface area contributed by atoms with Crippen LogP contribution < -0.4 is 14.8 Å². The van der Waals surface area contributed by atoms with E-state index in [0.29, 0.717) is 24.3 Å². The Balaban J connectivity index is 0.00000520. The van der Waals surface area contributed by atoms with Gasteiger partial charge >= 0.3 is 11.9 Å². The van der Waals surface area contributed by atoms with Crippen LogP contribution in [0.4, 0.5) is 5.95 Å². The Morgan fingerprint density at radius 1 is 1.00 bits per heavy atom. The van der Waals surface area contributed by atoms with Gasteiger partial charge in [0.25, 0.3) is 10.0 Å². The van der Waals surface area contributed by atoms with Gasteiger partial charge < -0.3 is 19.9 Å². The first-order valence-corrected chi connectivity index (χ1v) is 17.5. The summed E-state index contributed by atoms with van der Waals surface area (Å²) in [5, 5.41) is 13.1. The molecular formula is C35H45ClN4O7S. The smallest absolute Gasteiger partial charge is 0.335 e. The molecule has 2 aromatic carbocycles. The number of methoxy groups -OCH3 is 1. The van der Waals surface area contributed by atoms with Gasteiger partial charge in [-0.15, -0.1) is 12.4 Å². The molecule has 1 aromatic heterocycles. The molecule has 3 aromatic rings. The Hall–Kier alpha value is -3.74. The van der Waals surface area contributed by atoms with Gasteiger partial charge in [-0.3, -0.25) is 4.79 Å². The first-order valence-electron chi connectivity index (χ1n) is 16.1. The zero-order chi connectivity index (χ0) is 33.9. The molecule has 1 atom stereocenters. The molecule has 2 aliphatic carbocycles. The Bertz CT molecular complexity index is 1720. The van der Waals surface area contributed by atoms with Gasteiger partial charge in [-0.2, -0.15) is 4.98 Å². The largest absolute Gasteiger partial charge is 0.478 e. The maximum absolute atomic E-state index is 13.3. The summed E-state index contributed by atoms with van der Waals surface area (Å²) in [4.78, 5) is 32.1. The second kappa shape index (κ2) is 15.2. The number of carbonyl (C=O) groups is 2. The minimum absolute atomic E-state index is 0. The number of esters is 1. The van der Waals surface area contributed by atoms with Crippen LogP contribution in [-0.2, 0) is 19.6 Å². The van der Waals surface area contributed by atoms with Crippen LogP contribution >= 0.6 is 12.4 Å². The van der Waals surface area contributed by atoms with E-state index in [9.17, 15) is 23.1 Å². The monoisotopic (exact) mass is 700 g/mol. The van der Waals surface area contributed by atoms with Crippen LogP contribution in [0.5, 0.6) is 5.88 Å². The lowest BCUT2D eigenvalue weighted by Gasteiger charge is -2.57. The first-order chi connectivity index (χ1) is 22.3. The molecule has 2 saturated carbocycles. The molecule has 3 N–H and O–H groups in total. The molecule has 0 unspecified atom stereocenters. The Morgan fingerprint density at radius 2 is 1.67 bits per heavy atom. The molecule has 0 aliphatic heterocycles. The van der Waals surface area contributed by atoms with Crippen molar-refractivity contribution >= 4 is 40.3 Å². The zero-order valence-electron chi connectivity index (χ0n) is 28.0. The molecule has 13 heteroatoms. The second-order valence-corrected chi connectivity index (χ2v) is 15.2. The number of benzene rings is 2. The molecule has 5 rings (SSSR count). The number of carboxylic acids is 1. The fraction of sp³-hybridized carbons (Fsp3) is 0.486. The van der Waals surface area contributed by atoms with Crippen LogP contribution in [0.15, 0.2) is 53.4 Å². The summed E-state index contributed by atoms with van der Waals surface area (Å²) < 4.78 is 40.3. The number of aromatic nitrogens is 2. The Morgan fingerprint density at radius 3 is 2.29 bits per heavy atom. The summed E-state index contributed by atoms with van der Waals surface area (Å²) in [6, 6.07) is 13.0. The van der Waals surface area contributed by atoms with Crippen LogP contribution in [0, 0.1) is 31.1 Å². The third kappa shape index (κ3) is 8.64. The highest BCUT2D eigenvalue weighted by Gasteiger charge is 2.55. The number of sulfonamides is 1. The first kappa shape index (κ1) is 37.1. The lowest BCUT2D eigenvalue weighted by Crippen LogP contribution is -2.58. The standard InChI is InChI=1S/C35H44N4O7S.ClH/c1-21(2)12-13-26(36-27-18-35(19-27)16-25(17-35)33(42)45-5)20-46-30-15-29(31-22(3)8-6-9-23(31)4)37-34(38-30)39-47(43,44)28-11-7-10-24(14-28)32(40)41;/h6-11,14-15,21,25-27,36H,12-13,16-20H2,1-5H3,(H,40,41)(H,37,38,39);1H/t25?,26-,27?,35?;/m1./s1. The normalized spacial score (nSPS) is 20.6. The van der Waals surface area contributed by atoms with Crippen molar-refractivity contribution in [3.8, 4) is 17.1 Å². The number of nitrogens with one attached hydrogen (secondary N) is 2. The van der Waals surface area contributed by atoms with Crippen LogP contribution in [0.2, 0.25) is 0 Å². The van der Waals surface area contributed by atoms with E-state index >= 15 is 0 Å². The molecule has 0 saturated heterocycles. The number of carboxylic acid groups (broad SMARTS) is 1. The highest BCUT2D eigenvalue weighted by atomic mass is 35.5. The predicted molar refractivity (Wildman–Crippen MR) is 185 cm³/mol. The summed E-state index contributed by atoms with van der Waals surface area (Å²) in [5.41, 5.74) is 3.33. The number of rotatable bonds is 14. The van der Waals surface area contributed by atoms with Crippen molar-refractivity contribution in [3.05, 3.63) is 65.2 Å². The SMILES string of the molecule is COC(=O)C1CC2(CC(N[C@H](CCC(C)C)COc3cc(-c4c(C)cccc4C)nc(NS(=O)(=O)c4cccc(C(=O)O)c4)n3)C2)C1.Cl. The number of carbonyl (C=O) groups excluding carboxylic acids is 1. The van der Waals surface area contributed by atoms with E-state index in [4.69, 9.17) is 9.47 Å². The summed E-state index contributed by atoms with van der Waals surface area (Å²) in [7, 11) is -2.78. The number of aromatic carboxylic acids is 1. The molecule has 48 heavy (non-hydrogen) atoms. The lowest BCUT2D eigenvalue weighted by atomic mass is 9.50. The quantitative estimate of drug-likeness (QED) is 0.166. The van der Waals surface area contributed by atoms with Gasteiger partial charge in [0.05, 0.1) is 29.2 Å². The van der Waals surface area contributed by atoms with Gasteiger partial charge in [0.2, 0.25) is 11.8 Å². The predicted octanol–water partition coefficient (Wildman–Crippen LogP) is 6.19. The van der Waals surface area contributed by atoms with E-state index in [0.717, 1.165) is 61.3 Å². The molecule has 1 spiro atoms. The summed E-state index contributed by atoms with van der Waals surface area (Å²) >= 11 is 0. The topological polar surface area (TPSA) is 157 Å². The van der Waals surface area contributed by atoms with Crippen LogP contribution in [-0.4, -0.2) is 61.2 Å². The number of aryl methyl sites for hydroxylation is 2. The van der Waals surface area contributed by atoms with E-state index in [2.05, 4.69) is 33.9 Å². The van der Waals surface area contributed by atoms with Crippen LogP contribution in [0.25, 0.3) is 11.3 Å². The van der Waals surface area contributed by atoms with Gasteiger partial charge in [0.1, 0.15) is 6.61 Å². The molecule has 260 valence electrons. The van der Waals surface area contributed by atoms with Crippen molar-refractivity contribution < 1.29 is 32.6 Å². The maximum atomic E-state index is 13.3. The van der Waals surface area contributed by atoms with E-state index in [1.807, 2.05) is 32.0 Å². The average Bonchev–Trinajstić information content (AvgIpc) is 2.98. The fourth-order valence-corrected chi connectivity index (χ4v) is 7.88. The molecule has 0 radical (unpaired) electrons. The third-order valence-electron chi connectivity index (χ3n) is 9.31. The van der Waals surface area contributed by atoms with Gasteiger partial charge in [-0.1, -0.05) is 38.1 Å². The van der Waals surface area contributed by atoms with Gasteiger partial charge in [0, 0.05) is 23.7 Å². The third-order valence-corrected chi connectivity index (χ3v) is 10.6. The summed E-state index contributed by atoms with van der Waals surface area (Å²) in [6.07, 6.45) is 5.68. The number of nitrogens with zero attached hydrogens (tertiary/aromatic N) is 2. The average molecular weight is 701 g/mol. The fourth-order valence-electron chi connectivity index (χ4n) is 6.89. The number of ether oxygens (including phenoxy) is 2. The Labute approximate surface area is 288 Å². The highest BCUT2D eigenvalue weighted by Crippen LogP contribution is 2.59. The minimum atomic E-state index is -4.22. The number of hydrogen-bond acceptors (Lipinski definition) is 9. The van der Waals surface area contributed by atoms with Crippen molar-refractivity contribution in [1.29, 1.82) is 0 Å². The number of hydrogen-bond donors (Lipinski definition) is 3. The van der Waals surface area contributed by atoms with Gasteiger partial charge in [0.15, 0.2) is 0 Å². The molecule has 2 fully saturated rings. The van der Waals surface area contributed by atoms with E-state index in [-0.39, 0.29) is 58.0 Å². The van der Waals surface area contributed by atoms with Crippen molar-refractivity contribution in [1.82, 2.24) is 15.3 Å². The van der Waals surface area contributed by atoms with Crippen molar-refractivity contribution in [2.75, 3.05) is 18.4 Å². The van der Waals surface area contributed by atoms with E-state index in [1.54, 1.807) is 6.07 Å². The molecule has 0 bridgehead atoms. The van der Waals surface area contributed by atoms with E-state index < -0.39 is 16.0 Å². The summed E-state index contributed by atoms with van der Waals surface area (Å²) in [6.45, 7) is 8.60. The molecule has 1 heterocycles. The Kier molecular flexibility index (Phi) is 11.8. The highest BCUT2D eigenvalue weighted by molar-refractivity contribution is 7.92. The van der Waals surface area contributed by atoms with Gasteiger partial charge in [-0.25, -0.2) is 22.9 Å². The molecule has 11 nitrogen and oxygen atoms in total. The van der Waals surface area contributed by atoms with Crippen LogP contribution in [0.1, 0.15) is 73.9 Å². The van der Waals surface area contributed by atoms with Crippen LogP contribution in [0.3, 0.4) is 0 Å². The van der Waals surface area contributed by atoms with Crippen molar-refractivity contribution in [2.24, 2.45) is 17.3 Å². The lowest BCUT2D eigenvalue weighted by molar-refractivity contribution is -0.159. The maximum Gasteiger partial charge on any atom is 0.335 e. The van der Waals surface area contributed by atoms with Gasteiger partial charge in [-0.05, 0) is 93.0 Å². The zero-order valence-corrected chi connectivity index (χ0v) is 29.6.